The fraction of sp³-hybridized carbons (Fsp3) is 0.0667. The van der Waals surface area contributed by atoms with Gasteiger partial charge in [-0.3, -0.25) is 0 Å². The Balaban J connectivity index is 2.26. The van der Waals surface area contributed by atoms with Crippen LogP contribution < -0.4 is 0 Å². The molecule has 0 saturated carbocycles. The molecule has 0 bridgehead atoms. The Kier molecular flexibility index (Phi) is 3.85. The molecule has 0 aliphatic rings. The third kappa shape index (κ3) is 3.12. The highest BCUT2D eigenvalue weighted by molar-refractivity contribution is 7.99. The highest BCUT2D eigenvalue weighted by atomic mass is 32.2. The van der Waals surface area contributed by atoms with Crippen LogP contribution >= 0.6 is 11.8 Å². The Labute approximate surface area is 105 Å². The summed E-state index contributed by atoms with van der Waals surface area (Å²) < 4.78 is 13.6. The second-order valence-corrected chi connectivity index (χ2v) is 4.68. The third-order valence-electron chi connectivity index (χ3n) is 2.27. The Hall–Kier alpha value is -1.72. The average Bonchev–Trinajstić information content (AvgIpc) is 2.35. The lowest BCUT2D eigenvalue weighted by Crippen LogP contribution is -1.86. The van der Waals surface area contributed by atoms with E-state index in [0.29, 0.717) is 11.3 Å². The van der Waals surface area contributed by atoms with E-state index in [1.165, 1.54) is 17.8 Å². The van der Waals surface area contributed by atoms with Crippen molar-refractivity contribution in [2.45, 2.75) is 16.2 Å². The molecule has 0 unspecified atom stereocenters. The van der Waals surface area contributed by atoms with E-state index in [4.69, 9.17) is 6.42 Å². The monoisotopic (exact) mass is 242 g/mol. The largest absolute Gasteiger partial charge is 0.206 e. The van der Waals surface area contributed by atoms with Crippen LogP contribution in [0.1, 0.15) is 5.56 Å². The van der Waals surface area contributed by atoms with Crippen LogP contribution in [0.25, 0.3) is 0 Å². The fourth-order valence-electron chi connectivity index (χ4n) is 1.47. The van der Waals surface area contributed by atoms with Crippen molar-refractivity contribution >= 4 is 11.8 Å². The molecule has 0 aliphatic carbocycles. The second kappa shape index (κ2) is 5.56. The second-order valence-electron chi connectivity index (χ2n) is 3.56. The maximum absolute atomic E-state index is 13.6. The molecular formula is C15H11FS. The summed E-state index contributed by atoms with van der Waals surface area (Å²) in [5.41, 5.74) is 0.965. The zero-order valence-corrected chi connectivity index (χ0v) is 10.0. The summed E-state index contributed by atoms with van der Waals surface area (Å²) >= 11 is 1.41. The van der Waals surface area contributed by atoms with E-state index in [-0.39, 0.29) is 5.82 Å². The molecule has 0 spiro atoms. The van der Waals surface area contributed by atoms with Gasteiger partial charge in [-0.15, -0.1) is 12.3 Å². The van der Waals surface area contributed by atoms with Crippen molar-refractivity contribution < 1.29 is 4.39 Å². The Morgan fingerprint density at radius 1 is 1.12 bits per heavy atom. The highest BCUT2D eigenvalue weighted by Gasteiger charge is 2.05. The minimum atomic E-state index is -0.209. The van der Waals surface area contributed by atoms with Crippen molar-refractivity contribution in [1.82, 2.24) is 0 Å². The van der Waals surface area contributed by atoms with Gasteiger partial charge in [-0.05, 0) is 29.8 Å². The molecule has 0 fully saturated rings. The van der Waals surface area contributed by atoms with Crippen LogP contribution in [0.3, 0.4) is 0 Å². The fourth-order valence-corrected chi connectivity index (χ4v) is 2.39. The molecule has 2 aromatic rings. The van der Waals surface area contributed by atoms with Gasteiger partial charge in [0, 0.05) is 16.2 Å². The standard InChI is InChI=1S/C15H11FS/c1-2-6-12-9-10-14(16)15(11-12)17-13-7-4-3-5-8-13/h1,3-5,7-11H,6H2. The third-order valence-corrected chi connectivity index (χ3v) is 3.31. The Morgan fingerprint density at radius 2 is 1.88 bits per heavy atom. The summed E-state index contributed by atoms with van der Waals surface area (Å²) in [7, 11) is 0. The topological polar surface area (TPSA) is 0 Å². The molecule has 2 rings (SSSR count). The lowest BCUT2D eigenvalue weighted by atomic mass is 10.2. The van der Waals surface area contributed by atoms with Gasteiger partial charge in [0.15, 0.2) is 0 Å². The Morgan fingerprint density at radius 3 is 2.59 bits per heavy atom. The van der Waals surface area contributed by atoms with Crippen LogP contribution in [0.4, 0.5) is 4.39 Å². The predicted molar refractivity (Wildman–Crippen MR) is 69.5 cm³/mol. The van der Waals surface area contributed by atoms with Crippen LogP contribution in [-0.2, 0) is 6.42 Å². The van der Waals surface area contributed by atoms with Crippen molar-refractivity contribution in [3.05, 3.63) is 59.9 Å². The summed E-state index contributed by atoms with van der Waals surface area (Å²) in [6, 6.07) is 14.7. The van der Waals surface area contributed by atoms with Gasteiger partial charge in [0.1, 0.15) is 5.82 Å². The summed E-state index contributed by atoms with van der Waals surface area (Å²) in [4.78, 5) is 1.63. The summed E-state index contributed by atoms with van der Waals surface area (Å²) in [5.74, 6) is 2.35. The van der Waals surface area contributed by atoms with Gasteiger partial charge in [0.25, 0.3) is 0 Å². The zero-order chi connectivity index (χ0) is 12.1. The first-order valence-corrected chi connectivity index (χ1v) is 6.06. The molecule has 0 heterocycles. The van der Waals surface area contributed by atoms with Crippen molar-refractivity contribution in [1.29, 1.82) is 0 Å². The van der Waals surface area contributed by atoms with Crippen molar-refractivity contribution in [3.63, 3.8) is 0 Å². The molecule has 0 N–H and O–H groups in total. The van der Waals surface area contributed by atoms with Crippen LogP contribution in [0.15, 0.2) is 58.3 Å². The maximum Gasteiger partial charge on any atom is 0.137 e. The van der Waals surface area contributed by atoms with Crippen LogP contribution in [0, 0.1) is 18.2 Å². The predicted octanol–water partition coefficient (Wildman–Crippen LogP) is 4.15. The first kappa shape index (κ1) is 11.8. The van der Waals surface area contributed by atoms with Crippen LogP contribution in [-0.4, -0.2) is 0 Å². The molecule has 2 heteroatoms. The molecule has 0 saturated heterocycles. The lowest BCUT2D eigenvalue weighted by molar-refractivity contribution is 0.601. The molecule has 2 aromatic carbocycles. The van der Waals surface area contributed by atoms with E-state index in [2.05, 4.69) is 5.92 Å². The van der Waals surface area contributed by atoms with Gasteiger partial charge in [-0.1, -0.05) is 36.0 Å². The minimum Gasteiger partial charge on any atom is -0.206 e. The molecule has 0 aliphatic heterocycles. The van der Waals surface area contributed by atoms with Crippen molar-refractivity contribution in [2.24, 2.45) is 0 Å². The highest BCUT2D eigenvalue weighted by Crippen LogP contribution is 2.30. The Bertz CT molecular complexity index is 541. The van der Waals surface area contributed by atoms with Gasteiger partial charge >= 0.3 is 0 Å². The maximum atomic E-state index is 13.6. The summed E-state index contributed by atoms with van der Waals surface area (Å²) in [5, 5.41) is 0. The zero-order valence-electron chi connectivity index (χ0n) is 9.19. The first-order chi connectivity index (χ1) is 8.29. The molecule has 0 amide bonds. The molecule has 0 aromatic heterocycles. The number of benzene rings is 2. The number of hydrogen-bond acceptors (Lipinski definition) is 1. The number of terminal acetylenes is 1. The van der Waals surface area contributed by atoms with E-state index in [0.717, 1.165) is 10.5 Å². The molecule has 0 atom stereocenters. The van der Waals surface area contributed by atoms with Crippen molar-refractivity contribution in [2.75, 3.05) is 0 Å². The summed E-state index contributed by atoms with van der Waals surface area (Å²) in [6.07, 6.45) is 5.78. The van der Waals surface area contributed by atoms with Crippen LogP contribution in [0.5, 0.6) is 0 Å². The molecule has 84 valence electrons. The summed E-state index contributed by atoms with van der Waals surface area (Å²) in [6.45, 7) is 0. The number of halogens is 1. The minimum absolute atomic E-state index is 0.209. The molecule has 0 radical (unpaired) electrons. The quantitative estimate of drug-likeness (QED) is 0.728. The van der Waals surface area contributed by atoms with Gasteiger partial charge in [-0.25, -0.2) is 4.39 Å². The van der Waals surface area contributed by atoms with E-state index >= 15 is 0 Å². The lowest BCUT2D eigenvalue weighted by Gasteiger charge is -2.05. The smallest absolute Gasteiger partial charge is 0.137 e. The van der Waals surface area contributed by atoms with Gasteiger partial charge in [-0.2, -0.15) is 0 Å². The van der Waals surface area contributed by atoms with E-state index in [1.807, 2.05) is 36.4 Å². The molecule has 0 nitrogen and oxygen atoms in total. The van der Waals surface area contributed by atoms with Gasteiger partial charge < -0.3 is 0 Å². The number of rotatable bonds is 3. The SMILES string of the molecule is C#CCc1ccc(F)c(Sc2ccccc2)c1. The molecule has 17 heavy (non-hydrogen) atoms. The van der Waals surface area contributed by atoms with E-state index in [1.54, 1.807) is 6.07 Å². The average molecular weight is 242 g/mol. The van der Waals surface area contributed by atoms with Crippen molar-refractivity contribution in [3.8, 4) is 12.3 Å². The van der Waals surface area contributed by atoms with E-state index in [9.17, 15) is 4.39 Å². The van der Waals surface area contributed by atoms with Crippen LogP contribution in [0.2, 0.25) is 0 Å². The molecular weight excluding hydrogens is 231 g/mol. The first-order valence-electron chi connectivity index (χ1n) is 5.24. The van der Waals surface area contributed by atoms with E-state index < -0.39 is 0 Å². The van der Waals surface area contributed by atoms with Gasteiger partial charge in [0.2, 0.25) is 0 Å². The normalized spacial score (nSPS) is 9.88. The number of hydrogen-bond donors (Lipinski definition) is 0. The van der Waals surface area contributed by atoms with Gasteiger partial charge in [0.05, 0.1) is 0 Å².